The summed E-state index contributed by atoms with van der Waals surface area (Å²) in [7, 11) is 0. The Morgan fingerprint density at radius 3 is 2.30 bits per heavy atom. The van der Waals surface area contributed by atoms with E-state index in [2.05, 4.69) is 27.8 Å². The standard InChI is InChI=1S/C27H25ClFN3O/c28-22-7-11-24(12-8-22)30-13-15-31(16-14-30)27(33)17-21-19-32(26-4-2-1-3-25(21)26)18-20-5-9-23(29)10-6-20/h1-12,19H,13-18H2. The van der Waals surface area contributed by atoms with E-state index in [4.69, 9.17) is 11.6 Å². The van der Waals surface area contributed by atoms with Crippen LogP contribution in [0, 0.1) is 5.82 Å². The second kappa shape index (κ2) is 9.28. The number of fused-ring (bicyclic) bond motifs is 1. The van der Waals surface area contributed by atoms with Crippen LogP contribution in [0.5, 0.6) is 0 Å². The van der Waals surface area contributed by atoms with Crippen molar-refractivity contribution in [1.82, 2.24) is 9.47 Å². The molecular weight excluding hydrogens is 437 g/mol. The van der Waals surface area contributed by atoms with Crippen LogP contribution in [-0.4, -0.2) is 41.6 Å². The predicted octanol–water partition coefficient (Wildman–Crippen LogP) is 5.37. The van der Waals surface area contributed by atoms with Crippen molar-refractivity contribution >= 4 is 34.1 Å². The first-order valence-electron chi connectivity index (χ1n) is 11.2. The Morgan fingerprint density at radius 2 is 1.58 bits per heavy atom. The smallest absolute Gasteiger partial charge is 0.227 e. The summed E-state index contributed by atoms with van der Waals surface area (Å²) in [5, 5.41) is 1.82. The lowest BCUT2D eigenvalue weighted by Gasteiger charge is -2.36. The van der Waals surface area contributed by atoms with Crippen LogP contribution < -0.4 is 4.90 Å². The molecule has 3 aromatic carbocycles. The summed E-state index contributed by atoms with van der Waals surface area (Å²) in [5.74, 6) is -0.0889. The molecule has 0 radical (unpaired) electrons. The van der Waals surface area contributed by atoms with Crippen LogP contribution in [0.2, 0.25) is 5.02 Å². The Bertz CT molecular complexity index is 1260. The van der Waals surface area contributed by atoms with Gasteiger partial charge in [-0.25, -0.2) is 4.39 Å². The van der Waals surface area contributed by atoms with Gasteiger partial charge in [-0.05, 0) is 53.6 Å². The van der Waals surface area contributed by atoms with Crippen molar-refractivity contribution in [3.05, 3.63) is 101 Å². The number of nitrogens with zero attached hydrogens (tertiary/aromatic N) is 3. The van der Waals surface area contributed by atoms with E-state index in [1.807, 2.05) is 41.3 Å². The number of piperazine rings is 1. The Labute approximate surface area is 197 Å². The molecule has 0 N–H and O–H groups in total. The van der Waals surface area contributed by atoms with E-state index in [9.17, 15) is 9.18 Å². The number of aromatic nitrogens is 1. The predicted molar refractivity (Wildman–Crippen MR) is 131 cm³/mol. The number of para-hydroxylation sites is 1. The van der Waals surface area contributed by atoms with Gasteiger partial charge in [0.05, 0.1) is 6.42 Å². The third-order valence-electron chi connectivity index (χ3n) is 6.30. The maximum Gasteiger partial charge on any atom is 0.227 e. The van der Waals surface area contributed by atoms with Gasteiger partial charge in [-0.2, -0.15) is 0 Å². The number of halogens is 2. The summed E-state index contributed by atoms with van der Waals surface area (Å²) in [4.78, 5) is 17.4. The highest BCUT2D eigenvalue weighted by Gasteiger charge is 2.22. The van der Waals surface area contributed by atoms with E-state index < -0.39 is 0 Å². The summed E-state index contributed by atoms with van der Waals surface area (Å²) >= 11 is 6.00. The summed E-state index contributed by atoms with van der Waals surface area (Å²) in [6, 6.07) is 22.6. The Balaban J connectivity index is 1.28. The third-order valence-corrected chi connectivity index (χ3v) is 6.56. The second-order valence-corrected chi connectivity index (χ2v) is 8.88. The quantitative estimate of drug-likeness (QED) is 0.399. The number of rotatable bonds is 5. The minimum atomic E-state index is -0.237. The molecule has 1 aliphatic rings. The van der Waals surface area contributed by atoms with Gasteiger partial charge in [0, 0.05) is 60.5 Å². The number of benzene rings is 3. The Kier molecular flexibility index (Phi) is 6.05. The molecule has 0 bridgehead atoms. The van der Waals surface area contributed by atoms with Crippen LogP contribution in [0.3, 0.4) is 0 Å². The van der Waals surface area contributed by atoms with Gasteiger partial charge in [-0.15, -0.1) is 0 Å². The van der Waals surface area contributed by atoms with Gasteiger partial charge in [-0.3, -0.25) is 4.79 Å². The summed E-state index contributed by atoms with van der Waals surface area (Å²) in [6.45, 7) is 3.65. The lowest BCUT2D eigenvalue weighted by molar-refractivity contribution is -0.130. The highest BCUT2D eigenvalue weighted by Crippen LogP contribution is 2.24. The zero-order valence-electron chi connectivity index (χ0n) is 18.3. The van der Waals surface area contributed by atoms with Crippen LogP contribution in [0.25, 0.3) is 10.9 Å². The molecule has 1 amide bonds. The van der Waals surface area contributed by atoms with E-state index >= 15 is 0 Å². The fourth-order valence-corrected chi connectivity index (χ4v) is 4.65. The monoisotopic (exact) mass is 461 g/mol. The topological polar surface area (TPSA) is 28.5 Å². The van der Waals surface area contributed by atoms with Gasteiger partial charge < -0.3 is 14.4 Å². The average molecular weight is 462 g/mol. The molecule has 0 saturated carbocycles. The summed E-state index contributed by atoms with van der Waals surface area (Å²) < 4.78 is 15.4. The summed E-state index contributed by atoms with van der Waals surface area (Å²) in [6.07, 6.45) is 2.44. The molecule has 0 aliphatic carbocycles. The highest BCUT2D eigenvalue weighted by molar-refractivity contribution is 6.30. The molecule has 5 rings (SSSR count). The minimum Gasteiger partial charge on any atom is -0.368 e. The lowest BCUT2D eigenvalue weighted by atomic mass is 10.1. The van der Waals surface area contributed by atoms with Crippen LogP contribution in [-0.2, 0) is 17.8 Å². The van der Waals surface area contributed by atoms with Crippen LogP contribution in [0.4, 0.5) is 10.1 Å². The van der Waals surface area contributed by atoms with Crippen molar-refractivity contribution in [2.24, 2.45) is 0 Å². The van der Waals surface area contributed by atoms with Crippen molar-refractivity contribution < 1.29 is 9.18 Å². The van der Waals surface area contributed by atoms with E-state index in [1.54, 1.807) is 12.1 Å². The second-order valence-electron chi connectivity index (χ2n) is 8.45. The molecule has 4 aromatic rings. The van der Waals surface area contributed by atoms with Gasteiger partial charge in [0.2, 0.25) is 5.91 Å². The van der Waals surface area contributed by atoms with Crippen LogP contribution in [0.15, 0.2) is 79.0 Å². The van der Waals surface area contributed by atoms with Crippen molar-refractivity contribution in [2.45, 2.75) is 13.0 Å². The van der Waals surface area contributed by atoms with Crippen molar-refractivity contribution in [3.63, 3.8) is 0 Å². The first-order chi connectivity index (χ1) is 16.1. The molecule has 1 saturated heterocycles. The molecule has 4 nitrogen and oxygen atoms in total. The van der Waals surface area contributed by atoms with Gasteiger partial charge in [0.15, 0.2) is 0 Å². The molecule has 0 spiro atoms. The van der Waals surface area contributed by atoms with Crippen molar-refractivity contribution in [1.29, 1.82) is 0 Å². The van der Waals surface area contributed by atoms with Gasteiger partial charge in [-0.1, -0.05) is 41.9 Å². The Morgan fingerprint density at radius 1 is 0.879 bits per heavy atom. The SMILES string of the molecule is O=C(Cc1cn(Cc2ccc(F)cc2)c2ccccc12)N1CCN(c2ccc(Cl)cc2)CC1. The molecular formula is C27H25ClFN3O. The minimum absolute atomic E-state index is 0.149. The van der Waals surface area contributed by atoms with Gasteiger partial charge in [0.25, 0.3) is 0 Å². The first-order valence-corrected chi connectivity index (χ1v) is 11.5. The summed E-state index contributed by atoms with van der Waals surface area (Å²) in [5.41, 5.74) is 4.26. The first kappa shape index (κ1) is 21.5. The zero-order chi connectivity index (χ0) is 22.8. The van der Waals surface area contributed by atoms with Crippen molar-refractivity contribution in [3.8, 4) is 0 Å². The van der Waals surface area contributed by atoms with E-state index in [1.165, 1.54) is 12.1 Å². The lowest BCUT2D eigenvalue weighted by Crippen LogP contribution is -2.49. The van der Waals surface area contributed by atoms with Crippen LogP contribution in [0.1, 0.15) is 11.1 Å². The fourth-order valence-electron chi connectivity index (χ4n) is 4.52. The largest absolute Gasteiger partial charge is 0.368 e. The number of anilines is 1. The molecule has 33 heavy (non-hydrogen) atoms. The van der Waals surface area contributed by atoms with E-state index in [-0.39, 0.29) is 11.7 Å². The highest BCUT2D eigenvalue weighted by atomic mass is 35.5. The number of carbonyl (C=O) groups is 1. The molecule has 1 fully saturated rings. The van der Waals surface area contributed by atoms with E-state index in [0.29, 0.717) is 26.1 Å². The van der Waals surface area contributed by atoms with E-state index in [0.717, 1.165) is 45.8 Å². The fraction of sp³-hybridized carbons (Fsp3) is 0.222. The average Bonchev–Trinajstić information content (AvgIpc) is 3.18. The molecule has 6 heteroatoms. The molecule has 2 heterocycles. The third kappa shape index (κ3) is 4.74. The normalized spacial score (nSPS) is 14.1. The molecule has 168 valence electrons. The van der Waals surface area contributed by atoms with Crippen molar-refractivity contribution in [2.75, 3.05) is 31.1 Å². The molecule has 1 aromatic heterocycles. The Hall–Kier alpha value is -3.31. The zero-order valence-corrected chi connectivity index (χ0v) is 19.0. The number of hydrogen-bond donors (Lipinski definition) is 0. The maximum atomic E-state index is 13.3. The van der Waals surface area contributed by atoms with Gasteiger partial charge >= 0.3 is 0 Å². The molecule has 0 unspecified atom stereocenters. The maximum absolute atomic E-state index is 13.3. The number of hydrogen-bond acceptors (Lipinski definition) is 2. The van der Waals surface area contributed by atoms with Gasteiger partial charge in [0.1, 0.15) is 5.82 Å². The molecule has 1 aliphatic heterocycles. The number of amides is 1. The van der Waals surface area contributed by atoms with Crippen LogP contribution >= 0.6 is 11.6 Å². The number of carbonyl (C=O) groups excluding carboxylic acids is 1. The molecule has 0 atom stereocenters.